The van der Waals surface area contributed by atoms with Crippen molar-refractivity contribution in [1.29, 1.82) is 0 Å². The number of rotatable bonds is 13. The number of aliphatic hydroxyl groups is 3. The molecule has 0 aromatic rings. The number of aliphatic hydroxyl groups excluding tert-OH is 3. The monoisotopic (exact) mass is 803 g/mol. The van der Waals surface area contributed by atoms with Crippen LogP contribution in [0.3, 0.4) is 0 Å². The summed E-state index contributed by atoms with van der Waals surface area (Å²) in [7, 11) is 0. The van der Waals surface area contributed by atoms with Crippen LogP contribution in [-0.4, -0.2) is 131 Å². The lowest BCUT2D eigenvalue weighted by Crippen LogP contribution is -2.75. The van der Waals surface area contributed by atoms with Gasteiger partial charge < -0.3 is 64.4 Å². The van der Waals surface area contributed by atoms with Crippen LogP contribution in [0, 0.1) is 23.7 Å². The summed E-state index contributed by atoms with van der Waals surface area (Å²) in [5, 5.41) is 41.6. The summed E-state index contributed by atoms with van der Waals surface area (Å²) in [6.45, 7) is 20.2. The molecule has 3 fully saturated rings. The van der Waals surface area contributed by atoms with E-state index in [1.165, 1.54) is 6.92 Å². The SMILES string of the molecule is CCC[C@H](C)C(=O)N[C@@H]1C(OC(C)=O)[C@H](NC(=O)OC(C)(C)C)C(O[C@H]2OC(CNC(=O)OC(C)(C)C)CCC2C)C(O)[C@H]1O[C@H]1OC(CO)[C@@H](O)[C@H](C)C1C. The normalized spacial score (nSPS) is 35.8. The van der Waals surface area contributed by atoms with Crippen molar-refractivity contribution in [2.45, 2.75) is 187 Å². The highest BCUT2D eigenvalue weighted by Crippen LogP contribution is 2.38. The van der Waals surface area contributed by atoms with Gasteiger partial charge in [-0.05, 0) is 66.7 Å². The Labute approximate surface area is 331 Å². The van der Waals surface area contributed by atoms with E-state index in [2.05, 4.69) is 16.0 Å². The molecule has 324 valence electrons. The van der Waals surface area contributed by atoms with Gasteiger partial charge in [-0.3, -0.25) is 9.59 Å². The van der Waals surface area contributed by atoms with Gasteiger partial charge in [0, 0.05) is 31.2 Å². The van der Waals surface area contributed by atoms with Crippen LogP contribution in [-0.2, 0) is 42.7 Å². The van der Waals surface area contributed by atoms with E-state index >= 15 is 0 Å². The molecule has 0 bridgehead atoms. The van der Waals surface area contributed by atoms with Gasteiger partial charge >= 0.3 is 18.2 Å². The van der Waals surface area contributed by atoms with E-state index in [-0.39, 0.29) is 12.5 Å². The van der Waals surface area contributed by atoms with Crippen molar-refractivity contribution in [3.8, 4) is 0 Å². The van der Waals surface area contributed by atoms with Gasteiger partial charge in [-0.2, -0.15) is 0 Å². The zero-order valence-corrected chi connectivity index (χ0v) is 35.2. The van der Waals surface area contributed by atoms with E-state index in [1.54, 1.807) is 62.3 Å². The minimum Gasteiger partial charge on any atom is -0.458 e. The number of ether oxygens (including phenoxy) is 7. The first-order valence-corrected chi connectivity index (χ1v) is 20.0. The van der Waals surface area contributed by atoms with E-state index in [0.29, 0.717) is 25.7 Å². The molecule has 1 saturated carbocycles. The summed E-state index contributed by atoms with van der Waals surface area (Å²) < 4.78 is 42.4. The fraction of sp³-hybridized carbons (Fsp3) is 0.897. The fourth-order valence-electron chi connectivity index (χ4n) is 7.22. The molecule has 2 aliphatic heterocycles. The summed E-state index contributed by atoms with van der Waals surface area (Å²) in [5.41, 5.74) is -1.64. The Morgan fingerprint density at radius 3 is 1.91 bits per heavy atom. The Bertz CT molecular complexity index is 1300. The summed E-state index contributed by atoms with van der Waals surface area (Å²) in [4.78, 5) is 52.5. The zero-order valence-electron chi connectivity index (χ0n) is 35.2. The maximum atomic E-state index is 13.7. The van der Waals surface area contributed by atoms with Gasteiger partial charge in [0.1, 0.15) is 47.8 Å². The first-order valence-electron chi connectivity index (χ1n) is 20.0. The molecule has 17 heteroatoms. The molecule has 0 spiro atoms. The first-order chi connectivity index (χ1) is 26.0. The molecule has 6 N–H and O–H groups in total. The van der Waals surface area contributed by atoms with Crippen molar-refractivity contribution in [2.75, 3.05) is 13.2 Å². The second-order valence-electron chi connectivity index (χ2n) is 17.7. The minimum atomic E-state index is -1.64. The van der Waals surface area contributed by atoms with Gasteiger partial charge in [-0.15, -0.1) is 0 Å². The maximum Gasteiger partial charge on any atom is 0.408 e. The number of esters is 1. The molecule has 7 unspecified atom stereocenters. The molecular weight excluding hydrogens is 734 g/mol. The highest BCUT2D eigenvalue weighted by Gasteiger charge is 2.57. The summed E-state index contributed by atoms with van der Waals surface area (Å²) in [6, 6.07) is -2.61. The summed E-state index contributed by atoms with van der Waals surface area (Å²) in [6.07, 6.45) is -9.56. The smallest absolute Gasteiger partial charge is 0.408 e. The lowest BCUT2D eigenvalue weighted by Gasteiger charge is -2.52. The lowest BCUT2D eigenvalue weighted by atomic mass is 9.79. The van der Waals surface area contributed by atoms with Crippen LogP contribution in [0.4, 0.5) is 9.59 Å². The molecule has 56 heavy (non-hydrogen) atoms. The van der Waals surface area contributed by atoms with Crippen LogP contribution in [0.2, 0.25) is 0 Å². The number of carbonyl (C=O) groups excluding carboxylic acids is 4. The standard InChI is InChI=1S/C39H69N3O14/c1-13-14-19(2)33(47)41-26-30(50-23(6)44)27(42-37(49)56-39(10,11)12)32(29(46)31(26)54-35-22(5)21(4)28(45)25(18-43)52-35)53-34-20(3)15-16-24(51-34)17-40-36(48)55-38(7,8)9/h19-22,24-32,34-35,43,45-46H,13-18H2,1-12H3,(H,40,48)(H,41,47)(H,42,49)/t19-,20?,21+,22?,24?,25?,26+,27-,28-,29?,30?,31-,32?,34+,35+/m0/s1. The topological polar surface area (TPSA) is 230 Å². The van der Waals surface area contributed by atoms with Gasteiger partial charge in [-0.25, -0.2) is 9.59 Å². The third-order valence-corrected chi connectivity index (χ3v) is 10.4. The van der Waals surface area contributed by atoms with Crippen LogP contribution in [0.1, 0.15) is 109 Å². The molecule has 0 aromatic heterocycles. The Kier molecular flexibility index (Phi) is 17.2. The summed E-state index contributed by atoms with van der Waals surface area (Å²) >= 11 is 0. The second kappa shape index (κ2) is 20.3. The molecular formula is C39H69N3O14. The number of hydrogen-bond acceptors (Lipinski definition) is 14. The van der Waals surface area contributed by atoms with Gasteiger partial charge in [0.2, 0.25) is 5.91 Å². The van der Waals surface area contributed by atoms with Crippen molar-refractivity contribution in [1.82, 2.24) is 16.0 Å². The van der Waals surface area contributed by atoms with Crippen LogP contribution < -0.4 is 16.0 Å². The largest absolute Gasteiger partial charge is 0.458 e. The minimum absolute atomic E-state index is 0.104. The molecule has 17 nitrogen and oxygen atoms in total. The number of amides is 3. The van der Waals surface area contributed by atoms with Crippen LogP contribution >= 0.6 is 0 Å². The first kappa shape index (κ1) is 47.6. The number of nitrogens with one attached hydrogen (secondary N) is 3. The van der Waals surface area contributed by atoms with Crippen molar-refractivity contribution in [2.24, 2.45) is 23.7 Å². The molecule has 15 atom stereocenters. The predicted octanol–water partition coefficient (Wildman–Crippen LogP) is 2.89. The molecule has 3 aliphatic rings. The third kappa shape index (κ3) is 13.4. The van der Waals surface area contributed by atoms with E-state index < -0.39 is 127 Å². The number of alkyl carbamates (subject to hydrolysis) is 2. The molecule has 3 rings (SSSR count). The Hall–Kier alpha value is -2.80. The Morgan fingerprint density at radius 1 is 0.786 bits per heavy atom. The quantitative estimate of drug-likeness (QED) is 0.116. The summed E-state index contributed by atoms with van der Waals surface area (Å²) in [5.74, 6) is -2.77. The van der Waals surface area contributed by atoms with E-state index in [4.69, 9.17) is 33.2 Å². The highest BCUT2D eigenvalue weighted by molar-refractivity contribution is 5.79. The van der Waals surface area contributed by atoms with Crippen molar-refractivity contribution < 1.29 is 67.7 Å². The van der Waals surface area contributed by atoms with Gasteiger partial charge in [0.25, 0.3) is 0 Å². The van der Waals surface area contributed by atoms with Crippen molar-refractivity contribution in [3.05, 3.63) is 0 Å². The molecule has 2 heterocycles. The molecule has 0 radical (unpaired) electrons. The van der Waals surface area contributed by atoms with Gasteiger partial charge in [0.15, 0.2) is 12.6 Å². The average molecular weight is 804 g/mol. The number of carbonyl (C=O) groups is 4. The van der Waals surface area contributed by atoms with Crippen molar-refractivity contribution in [3.63, 3.8) is 0 Å². The van der Waals surface area contributed by atoms with Crippen LogP contribution in [0.15, 0.2) is 0 Å². The fourth-order valence-corrected chi connectivity index (χ4v) is 7.22. The molecule has 3 amide bonds. The zero-order chi connectivity index (χ0) is 42.3. The number of hydrogen-bond donors (Lipinski definition) is 6. The Balaban J connectivity index is 2.10. The molecule has 1 aliphatic carbocycles. The van der Waals surface area contributed by atoms with E-state index in [0.717, 1.165) is 0 Å². The van der Waals surface area contributed by atoms with Gasteiger partial charge in [-0.1, -0.05) is 41.0 Å². The van der Waals surface area contributed by atoms with Crippen LogP contribution in [0.5, 0.6) is 0 Å². The van der Waals surface area contributed by atoms with Gasteiger partial charge in [0.05, 0.1) is 24.9 Å². The maximum absolute atomic E-state index is 13.7. The Morgan fingerprint density at radius 2 is 1.36 bits per heavy atom. The van der Waals surface area contributed by atoms with E-state index in [9.17, 15) is 34.5 Å². The third-order valence-electron chi connectivity index (χ3n) is 10.4. The average Bonchev–Trinajstić information content (AvgIpc) is 3.08. The molecule has 2 saturated heterocycles. The second-order valence-corrected chi connectivity index (χ2v) is 17.7. The predicted molar refractivity (Wildman–Crippen MR) is 202 cm³/mol. The van der Waals surface area contributed by atoms with E-state index in [1.807, 2.05) is 13.8 Å². The lowest BCUT2D eigenvalue weighted by molar-refractivity contribution is -0.319. The molecule has 0 aromatic carbocycles. The van der Waals surface area contributed by atoms with Crippen LogP contribution in [0.25, 0.3) is 0 Å². The highest BCUT2D eigenvalue weighted by atomic mass is 16.7. The van der Waals surface area contributed by atoms with Crippen molar-refractivity contribution >= 4 is 24.1 Å².